The number of likely N-dealkylation sites (N-methyl/N-ethyl adjacent to an activating group) is 1. The van der Waals surface area contributed by atoms with E-state index in [1.807, 2.05) is 24.4 Å². The zero-order chi connectivity index (χ0) is 16.8. The fraction of sp³-hybridized carbons (Fsp3) is 0.421. The molecule has 5 heteroatoms. The maximum atomic E-state index is 6.05. The van der Waals surface area contributed by atoms with Gasteiger partial charge >= 0.3 is 0 Å². The van der Waals surface area contributed by atoms with Crippen LogP contribution in [0.5, 0.6) is 0 Å². The summed E-state index contributed by atoms with van der Waals surface area (Å²) in [5.74, 6) is 0. The molecular weight excluding hydrogens is 322 g/mol. The molecule has 1 aliphatic rings. The van der Waals surface area contributed by atoms with Crippen molar-refractivity contribution in [3.05, 3.63) is 64.9 Å². The molecule has 2 aromatic rings. The largest absolute Gasteiger partial charge is 0.374 e. The third-order valence-electron chi connectivity index (χ3n) is 4.40. The minimum Gasteiger partial charge on any atom is -0.374 e. The van der Waals surface area contributed by atoms with Crippen LogP contribution >= 0.6 is 11.6 Å². The topological polar surface area (TPSA) is 37.4 Å². The van der Waals surface area contributed by atoms with Gasteiger partial charge in [-0.2, -0.15) is 0 Å². The molecule has 0 saturated carbocycles. The second-order valence-corrected chi connectivity index (χ2v) is 6.70. The summed E-state index contributed by atoms with van der Waals surface area (Å²) in [7, 11) is 2.14. The first-order chi connectivity index (χ1) is 11.7. The molecule has 0 aliphatic carbocycles. The highest BCUT2D eigenvalue weighted by atomic mass is 35.5. The summed E-state index contributed by atoms with van der Waals surface area (Å²) in [6.45, 7) is 3.56. The molecule has 1 fully saturated rings. The van der Waals surface area contributed by atoms with Crippen LogP contribution in [-0.4, -0.2) is 49.3 Å². The van der Waals surface area contributed by atoms with Gasteiger partial charge in [-0.25, -0.2) is 0 Å². The Bertz CT molecular complexity index is 620. The first-order valence-corrected chi connectivity index (χ1v) is 8.78. The van der Waals surface area contributed by atoms with E-state index in [-0.39, 0.29) is 12.1 Å². The summed E-state index contributed by atoms with van der Waals surface area (Å²) in [5, 5.41) is 4.43. The van der Waals surface area contributed by atoms with Gasteiger partial charge in [-0.1, -0.05) is 29.8 Å². The molecule has 4 nitrogen and oxygen atoms in total. The van der Waals surface area contributed by atoms with Gasteiger partial charge in [-0.15, -0.1) is 0 Å². The molecule has 2 heterocycles. The molecule has 0 radical (unpaired) electrons. The highest BCUT2D eigenvalue weighted by molar-refractivity contribution is 6.30. The Morgan fingerprint density at radius 2 is 2.17 bits per heavy atom. The lowest BCUT2D eigenvalue weighted by molar-refractivity contribution is -0.0391. The number of benzene rings is 1. The minimum atomic E-state index is 0.138. The van der Waals surface area contributed by atoms with E-state index >= 15 is 0 Å². The first-order valence-electron chi connectivity index (χ1n) is 8.40. The van der Waals surface area contributed by atoms with Crippen LogP contribution in [0.4, 0.5) is 0 Å². The maximum Gasteiger partial charge on any atom is 0.0896 e. The molecular formula is C19H24ClN3O. The summed E-state index contributed by atoms with van der Waals surface area (Å²) >= 11 is 6.04. The van der Waals surface area contributed by atoms with Gasteiger partial charge in [0.1, 0.15) is 0 Å². The predicted octanol–water partition coefficient (Wildman–Crippen LogP) is 2.94. The van der Waals surface area contributed by atoms with Crippen molar-refractivity contribution in [2.24, 2.45) is 0 Å². The molecule has 0 bridgehead atoms. The van der Waals surface area contributed by atoms with Crippen molar-refractivity contribution in [3.63, 3.8) is 0 Å². The van der Waals surface area contributed by atoms with Crippen molar-refractivity contribution in [2.45, 2.75) is 18.6 Å². The summed E-state index contributed by atoms with van der Waals surface area (Å²) in [6, 6.07) is 12.3. The number of halogens is 1. The summed E-state index contributed by atoms with van der Waals surface area (Å²) < 4.78 is 6.05. The monoisotopic (exact) mass is 345 g/mol. The maximum absolute atomic E-state index is 6.05. The van der Waals surface area contributed by atoms with E-state index in [9.17, 15) is 0 Å². The zero-order valence-corrected chi connectivity index (χ0v) is 14.7. The fourth-order valence-electron chi connectivity index (χ4n) is 3.06. The van der Waals surface area contributed by atoms with Gasteiger partial charge in [0.15, 0.2) is 0 Å². The van der Waals surface area contributed by atoms with Crippen molar-refractivity contribution in [1.82, 2.24) is 15.2 Å². The molecule has 24 heavy (non-hydrogen) atoms. The van der Waals surface area contributed by atoms with E-state index in [1.165, 1.54) is 11.1 Å². The average Bonchev–Trinajstić information content (AvgIpc) is 2.61. The Balaban J connectivity index is 1.68. The zero-order valence-electron chi connectivity index (χ0n) is 14.0. The van der Waals surface area contributed by atoms with Gasteiger partial charge < -0.3 is 15.0 Å². The molecule has 0 spiro atoms. The van der Waals surface area contributed by atoms with E-state index < -0.39 is 0 Å². The van der Waals surface area contributed by atoms with Crippen LogP contribution in [0.1, 0.15) is 17.2 Å². The lowest BCUT2D eigenvalue weighted by Crippen LogP contribution is -2.47. The van der Waals surface area contributed by atoms with Gasteiger partial charge in [0.25, 0.3) is 0 Å². The second kappa shape index (κ2) is 8.58. The highest BCUT2D eigenvalue weighted by Gasteiger charge is 2.27. The highest BCUT2D eigenvalue weighted by Crippen LogP contribution is 2.23. The van der Waals surface area contributed by atoms with E-state index in [2.05, 4.69) is 40.4 Å². The molecule has 128 valence electrons. The van der Waals surface area contributed by atoms with Crippen LogP contribution in [-0.2, 0) is 11.2 Å². The molecule has 0 amide bonds. The number of hydrogen-bond acceptors (Lipinski definition) is 4. The van der Waals surface area contributed by atoms with Crippen LogP contribution in [0.15, 0.2) is 48.8 Å². The Labute approximate surface area is 148 Å². The first kappa shape index (κ1) is 17.4. The van der Waals surface area contributed by atoms with Gasteiger partial charge in [0.05, 0.1) is 18.8 Å². The lowest BCUT2D eigenvalue weighted by Gasteiger charge is -2.36. The molecule has 0 unspecified atom stereocenters. The number of rotatable bonds is 6. The molecule has 3 rings (SSSR count). The summed E-state index contributed by atoms with van der Waals surface area (Å²) in [6.07, 6.45) is 4.81. The smallest absolute Gasteiger partial charge is 0.0896 e. The number of aromatic nitrogens is 1. The molecule has 1 aromatic carbocycles. The van der Waals surface area contributed by atoms with Crippen LogP contribution < -0.4 is 5.32 Å². The van der Waals surface area contributed by atoms with Crippen molar-refractivity contribution < 1.29 is 4.74 Å². The number of nitrogens with one attached hydrogen (secondary N) is 1. The Kier molecular flexibility index (Phi) is 6.21. The number of morpholine rings is 1. The standard InChI is InChI=1S/C19H24ClN3O/c1-23-11-12-24-18(14-23)19(16-4-6-17(20)7-5-16)22-10-8-15-3-2-9-21-13-15/h2-7,9,13,18-19,22H,8,10-12,14H2,1H3/t18-,19-/m0/s1. The number of pyridine rings is 1. The van der Waals surface area contributed by atoms with Gasteiger partial charge in [-0.05, 0) is 49.3 Å². The van der Waals surface area contributed by atoms with Gasteiger partial charge in [0, 0.05) is 30.5 Å². The third kappa shape index (κ3) is 4.77. The van der Waals surface area contributed by atoms with Gasteiger partial charge in [-0.3, -0.25) is 4.98 Å². The van der Waals surface area contributed by atoms with Crippen LogP contribution in [0.25, 0.3) is 0 Å². The van der Waals surface area contributed by atoms with Crippen LogP contribution in [0.2, 0.25) is 5.02 Å². The SMILES string of the molecule is CN1CCO[C@H]([C@@H](NCCc2cccnc2)c2ccc(Cl)cc2)C1. The Morgan fingerprint density at radius 1 is 1.33 bits per heavy atom. The molecule has 1 aliphatic heterocycles. The predicted molar refractivity (Wildman–Crippen MR) is 97.4 cm³/mol. The minimum absolute atomic E-state index is 0.138. The molecule has 1 saturated heterocycles. The van der Waals surface area contributed by atoms with Crippen LogP contribution in [0.3, 0.4) is 0 Å². The Morgan fingerprint density at radius 3 is 2.88 bits per heavy atom. The third-order valence-corrected chi connectivity index (χ3v) is 4.65. The summed E-state index contributed by atoms with van der Waals surface area (Å²) in [5.41, 5.74) is 2.45. The van der Waals surface area contributed by atoms with E-state index in [0.29, 0.717) is 0 Å². The van der Waals surface area contributed by atoms with E-state index in [4.69, 9.17) is 16.3 Å². The molecule has 1 N–H and O–H groups in total. The number of hydrogen-bond donors (Lipinski definition) is 1. The van der Waals surface area contributed by atoms with Crippen molar-refractivity contribution in [1.29, 1.82) is 0 Å². The van der Waals surface area contributed by atoms with Crippen molar-refractivity contribution >= 4 is 11.6 Å². The normalized spacial score (nSPS) is 20.0. The van der Waals surface area contributed by atoms with Crippen molar-refractivity contribution in [2.75, 3.05) is 33.3 Å². The average molecular weight is 346 g/mol. The second-order valence-electron chi connectivity index (χ2n) is 6.27. The van der Waals surface area contributed by atoms with Crippen molar-refractivity contribution in [3.8, 4) is 0 Å². The fourth-order valence-corrected chi connectivity index (χ4v) is 3.19. The van der Waals surface area contributed by atoms with Gasteiger partial charge in [0.2, 0.25) is 0 Å². The number of nitrogens with zero attached hydrogens (tertiary/aromatic N) is 2. The lowest BCUT2D eigenvalue weighted by atomic mass is 9.99. The quantitative estimate of drug-likeness (QED) is 0.873. The Hall–Kier alpha value is -1.46. The molecule has 1 aromatic heterocycles. The van der Waals surface area contributed by atoms with E-state index in [1.54, 1.807) is 6.20 Å². The molecule has 2 atom stereocenters. The number of ether oxygens (including phenoxy) is 1. The van der Waals surface area contributed by atoms with E-state index in [0.717, 1.165) is 37.7 Å². The summed E-state index contributed by atoms with van der Waals surface area (Å²) in [4.78, 5) is 6.50. The van der Waals surface area contributed by atoms with Crippen LogP contribution in [0, 0.1) is 0 Å².